The lowest BCUT2D eigenvalue weighted by molar-refractivity contribution is -0.435. The molecule has 6 N–H and O–H groups in total. The molecule has 502 valence electrons. The van der Waals surface area contributed by atoms with Crippen molar-refractivity contribution in [3.05, 3.63) is 185 Å². The molecule has 0 saturated heterocycles. The largest absolute Gasteiger partial charge is 0.594 e. The van der Waals surface area contributed by atoms with Gasteiger partial charge in [0, 0.05) is 29.4 Å². The normalized spacial score (nSPS) is 13.3. The lowest BCUT2D eigenvalue weighted by atomic mass is 10.1. The summed E-state index contributed by atoms with van der Waals surface area (Å²) in [6.45, 7) is 3.31. The highest BCUT2D eigenvalue weighted by Crippen LogP contribution is 2.40. The van der Waals surface area contributed by atoms with Gasteiger partial charge in [0.25, 0.3) is 60.7 Å². The Morgan fingerprint density at radius 3 is 1.07 bits per heavy atom. The molecule has 0 amide bonds. The zero-order chi connectivity index (χ0) is 70.8. The Balaban J connectivity index is 0.948. The Labute approximate surface area is 550 Å². The van der Waals surface area contributed by atoms with Gasteiger partial charge in [-0.3, -0.25) is 27.3 Å². The summed E-state index contributed by atoms with van der Waals surface area (Å²) in [7, 11) is -26.5. The molecule has 97 heavy (non-hydrogen) atoms. The summed E-state index contributed by atoms with van der Waals surface area (Å²) in [6.07, 6.45) is 3.73. The molecule has 0 saturated carbocycles. The first-order chi connectivity index (χ1) is 45.5. The van der Waals surface area contributed by atoms with E-state index in [0.717, 1.165) is 103 Å². The molecule has 8 aromatic carbocycles. The summed E-state index contributed by atoms with van der Waals surface area (Å²) in [5, 5.41) is 64.8. The number of ether oxygens (including phenoxy) is 2. The molecular formula is C56H46N14O21S6. The standard InChI is InChI=1S/C56H46N14O21S6/c1-33-25-49(51(90-3)31-47(33)65-59-37-8-15-43(16-9-37)92(72,73)74)67-61-39-12-19-45(55(27-39)96(84,85)86)63-57-23-21-35-5-7-41(29-53(35)94(78,79)80)69-70(71)42-14-6-36(54(30-42)95(81,82)83)22-24-58-64-46-20-13-40(28-56(46)97(87,88)89)62-68-50-26-34(2)48(32-52(50)91-4)66-60-38-10-17-44(18-11-38)93(75,76)77/h5-32H,1-4H3,(H,72,73,74)(H,75,76,77)(H,78,79,80)(H,81,82,83)(H,84,85,86)(H,87,88,89)/b23-21+,24-22+,63-57?,64-58?,65-59?,66-60?,67-61?,68-62?,70-69?. The van der Waals surface area contributed by atoms with Crippen molar-refractivity contribution < 1.29 is 92.2 Å². The quantitative estimate of drug-likeness (QED) is 0.0142. The maximum atomic E-state index is 13.3. The number of azo groups is 7. The van der Waals surface area contributed by atoms with Crippen molar-refractivity contribution in [2.75, 3.05) is 14.2 Å². The summed E-state index contributed by atoms with van der Waals surface area (Å²) < 4.78 is 215. The van der Waals surface area contributed by atoms with Crippen molar-refractivity contribution in [2.24, 2.45) is 66.5 Å². The van der Waals surface area contributed by atoms with E-state index in [1.165, 1.54) is 74.9 Å². The molecule has 0 aliphatic carbocycles. The molecule has 0 fully saturated rings. The predicted molar refractivity (Wildman–Crippen MR) is 342 cm³/mol. The van der Waals surface area contributed by atoms with Crippen LogP contribution in [0.4, 0.5) is 68.2 Å². The molecule has 35 nitrogen and oxygen atoms in total. The molecule has 0 aliphatic heterocycles. The van der Waals surface area contributed by atoms with Crippen LogP contribution < -0.4 is 9.47 Å². The SMILES string of the molecule is COc1cc(N=Nc2ccc(S(=O)(=O)O)cc2)c(C)cc1N=Nc1ccc(N=N/C=C/c2ccc(N=[N+]([O-])c3ccc(/C=C/N=Nc4ccc(N=Nc5cc(C)c(N=Nc6ccc(S(=O)(=O)O)cc6)cc5OC)cc4S(=O)(=O)O)c(S(=O)(=O)O)c3)cc2S(=O)(=O)O)c(S(=O)(=O)O)c1. The fraction of sp³-hybridized carbons (Fsp3) is 0.0714. The number of rotatable bonds is 24. The van der Waals surface area contributed by atoms with Gasteiger partial charge in [0.05, 0.1) is 70.5 Å². The van der Waals surface area contributed by atoms with Crippen LogP contribution in [0.15, 0.2) is 254 Å². The maximum absolute atomic E-state index is 13.3. The van der Waals surface area contributed by atoms with Crippen molar-refractivity contribution in [2.45, 2.75) is 43.2 Å². The minimum atomic E-state index is -5.15. The molecule has 8 aromatic rings. The summed E-state index contributed by atoms with van der Waals surface area (Å²) >= 11 is 0. The van der Waals surface area contributed by atoms with E-state index in [1.54, 1.807) is 13.8 Å². The van der Waals surface area contributed by atoms with E-state index in [1.807, 2.05) is 0 Å². The first-order valence-electron chi connectivity index (χ1n) is 26.5. The molecule has 0 atom stereocenters. The highest BCUT2D eigenvalue weighted by molar-refractivity contribution is 7.87. The third-order valence-electron chi connectivity index (χ3n) is 12.7. The average Bonchev–Trinajstić information content (AvgIpc) is 0.897. The van der Waals surface area contributed by atoms with Crippen molar-refractivity contribution in [1.82, 2.24) is 0 Å². The van der Waals surface area contributed by atoms with Crippen molar-refractivity contribution >= 4 is 141 Å². The van der Waals surface area contributed by atoms with Crippen LogP contribution >= 0.6 is 0 Å². The van der Waals surface area contributed by atoms with E-state index < -0.39 is 103 Å². The Morgan fingerprint density at radius 2 is 0.691 bits per heavy atom. The molecule has 0 aliphatic rings. The summed E-state index contributed by atoms with van der Waals surface area (Å²) in [6, 6.07) is 27.9. The third kappa shape index (κ3) is 19.3. The molecule has 8 rings (SSSR count). The Morgan fingerprint density at radius 1 is 0.351 bits per heavy atom. The van der Waals surface area contributed by atoms with Gasteiger partial charge >= 0.3 is 0 Å². The molecule has 0 unspecified atom stereocenters. The van der Waals surface area contributed by atoms with Crippen molar-refractivity contribution in [3.8, 4) is 11.5 Å². The van der Waals surface area contributed by atoms with Crippen LogP contribution in [-0.4, -0.2) is 96.9 Å². The molecule has 0 radical (unpaired) electrons. The third-order valence-corrected chi connectivity index (χ3v) is 18.1. The number of aryl methyl sites for hydroxylation is 2. The summed E-state index contributed by atoms with van der Waals surface area (Å²) in [4.78, 5) is -4.14. The zero-order valence-corrected chi connectivity index (χ0v) is 54.6. The van der Waals surface area contributed by atoms with E-state index in [-0.39, 0.29) is 71.4 Å². The topological polar surface area (TPSA) is 531 Å². The van der Waals surface area contributed by atoms with Gasteiger partial charge in [-0.25, -0.2) is 0 Å². The van der Waals surface area contributed by atoms with Crippen LogP contribution in [0.3, 0.4) is 0 Å². The number of hydrogen-bond donors (Lipinski definition) is 6. The predicted octanol–water partition coefficient (Wildman–Crippen LogP) is 14.9. The van der Waals surface area contributed by atoms with E-state index in [0.29, 0.717) is 28.6 Å². The molecular weight excluding hydrogens is 1400 g/mol. The number of nitrogens with zero attached hydrogens (tertiary/aromatic N) is 14. The lowest BCUT2D eigenvalue weighted by Gasteiger charge is -2.07. The summed E-state index contributed by atoms with van der Waals surface area (Å²) in [5.41, 5.74) is -0.147. The van der Waals surface area contributed by atoms with Crippen LogP contribution in [0, 0.1) is 19.1 Å². The van der Waals surface area contributed by atoms with Gasteiger partial charge in [-0.15, -0.1) is 20.5 Å². The second kappa shape index (κ2) is 29.5. The van der Waals surface area contributed by atoms with Gasteiger partial charge in [0.15, 0.2) is 0 Å². The number of benzene rings is 8. The summed E-state index contributed by atoms with van der Waals surface area (Å²) in [5.74, 6) is 0.295. The number of methoxy groups -OCH3 is 2. The van der Waals surface area contributed by atoms with Gasteiger partial charge in [-0.05, 0) is 164 Å². The lowest BCUT2D eigenvalue weighted by Crippen LogP contribution is -2.03. The van der Waals surface area contributed by atoms with Crippen LogP contribution in [0.5, 0.6) is 11.5 Å². The first-order valence-corrected chi connectivity index (χ1v) is 35.1. The Kier molecular flexibility index (Phi) is 22.0. The van der Waals surface area contributed by atoms with E-state index in [2.05, 4.69) is 66.5 Å². The van der Waals surface area contributed by atoms with E-state index in [4.69, 9.17) is 9.47 Å². The van der Waals surface area contributed by atoms with Crippen LogP contribution in [0.1, 0.15) is 22.3 Å². The van der Waals surface area contributed by atoms with Gasteiger partial charge in [-0.1, -0.05) is 10.9 Å². The van der Waals surface area contributed by atoms with E-state index >= 15 is 0 Å². The monoisotopic (exact) mass is 1440 g/mol. The average molecular weight is 1440 g/mol. The minimum absolute atomic E-state index is 0.104. The fourth-order valence-electron chi connectivity index (χ4n) is 8.08. The maximum Gasteiger partial charge on any atom is 0.296 e. The fourth-order valence-corrected chi connectivity index (χ4v) is 11.7. The van der Waals surface area contributed by atoms with Crippen molar-refractivity contribution in [3.63, 3.8) is 0 Å². The Bertz CT molecular complexity index is 5460. The van der Waals surface area contributed by atoms with E-state index in [9.17, 15) is 83.0 Å². The highest BCUT2D eigenvalue weighted by Gasteiger charge is 2.23. The van der Waals surface area contributed by atoms with Gasteiger partial charge in [0.1, 0.15) is 59.5 Å². The van der Waals surface area contributed by atoms with Crippen LogP contribution in [0.25, 0.3) is 12.2 Å². The number of hydrogen-bond acceptors (Lipinski definition) is 28. The van der Waals surface area contributed by atoms with Crippen molar-refractivity contribution in [1.29, 1.82) is 0 Å². The minimum Gasteiger partial charge on any atom is -0.594 e. The van der Waals surface area contributed by atoms with Crippen LogP contribution in [0.2, 0.25) is 0 Å². The first kappa shape index (κ1) is 72.1. The van der Waals surface area contributed by atoms with Gasteiger partial charge in [0.2, 0.25) is 5.69 Å². The zero-order valence-electron chi connectivity index (χ0n) is 49.7. The van der Waals surface area contributed by atoms with Gasteiger partial charge < -0.3 is 14.7 Å². The molecule has 0 bridgehead atoms. The Hall–Kier alpha value is -10.7. The molecule has 0 heterocycles. The highest BCUT2D eigenvalue weighted by atomic mass is 32.2. The molecule has 0 aromatic heterocycles. The smallest absolute Gasteiger partial charge is 0.296 e. The van der Waals surface area contributed by atoms with Crippen LogP contribution in [-0.2, 0) is 60.7 Å². The second-order valence-electron chi connectivity index (χ2n) is 19.4. The van der Waals surface area contributed by atoms with Gasteiger partial charge in [-0.2, -0.15) is 91.4 Å². The second-order valence-corrected chi connectivity index (χ2v) is 27.8. The molecule has 0 spiro atoms. The molecule has 41 heteroatoms.